The molecular formula is C6H8N2OS2. The number of amidine groups is 1. The molecule has 1 atom stereocenters. The molecule has 0 aliphatic rings. The highest BCUT2D eigenvalue weighted by molar-refractivity contribution is 7.86. The lowest BCUT2D eigenvalue weighted by Crippen LogP contribution is -2.08. The molecule has 0 spiro atoms. The van der Waals surface area contributed by atoms with Crippen LogP contribution < -0.4 is 5.73 Å². The molecule has 0 amide bonds. The second-order valence-corrected chi connectivity index (χ2v) is 4.68. The maximum atomic E-state index is 10.9. The van der Waals surface area contributed by atoms with Crippen molar-refractivity contribution in [2.75, 3.05) is 6.26 Å². The topological polar surface area (TPSA) is 66.9 Å². The van der Waals surface area contributed by atoms with Crippen molar-refractivity contribution in [2.24, 2.45) is 5.73 Å². The summed E-state index contributed by atoms with van der Waals surface area (Å²) in [7, 11) is -0.958. The third-order valence-corrected chi connectivity index (χ3v) is 3.70. The second-order valence-electron chi connectivity index (χ2n) is 1.99. The number of hydrogen-bond acceptors (Lipinski definition) is 3. The third-order valence-electron chi connectivity index (χ3n) is 1.13. The summed E-state index contributed by atoms with van der Waals surface area (Å²) in [6, 6.07) is 3.45. The predicted molar refractivity (Wildman–Crippen MR) is 47.7 cm³/mol. The normalized spacial score (nSPS) is 12.8. The van der Waals surface area contributed by atoms with Gasteiger partial charge in [0, 0.05) is 6.26 Å². The average Bonchev–Trinajstić information content (AvgIpc) is 2.33. The van der Waals surface area contributed by atoms with Gasteiger partial charge in [-0.25, -0.2) is 0 Å². The summed E-state index contributed by atoms with van der Waals surface area (Å²) >= 11 is 1.30. The van der Waals surface area contributed by atoms with Gasteiger partial charge in [-0.1, -0.05) is 0 Å². The molecule has 5 heteroatoms. The van der Waals surface area contributed by atoms with Crippen molar-refractivity contribution in [3.8, 4) is 0 Å². The van der Waals surface area contributed by atoms with Crippen molar-refractivity contribution in [1.29, 1.82) is 5.41 Å². The van der Waals surface area contributed by atoms with Crippen LogP contribution in [-0.2, 0) is 10.8 Å². The van der Waals surface area contributed by atoms with Gasteiger partial charge in [-0.2, -0.15) is 0 Å². The summed E-state index contributed by atoms with van der Waals surface area (Å²) in [6.07, 6.45) is 1.61. The molecule has 0 fully saturated rings. The molecule has 1 aromatic rings. The highest BCUT2D eigenvalue weighted by Gasteiger charge is 2.03. The number of rotatable bonds is 2. The fourth-order valence-corrected chi connectivity index (χ4v) is 2.22. The Balaban J connectivity index is 2.99. The van der Waals surface area contributed by atoms with E-state index in [1.54, 1.807) is 18.4 Å². The molecule has 1 heterocycles. The highest BCUT2D eigenvalue weighted by Crippen LogP contribution is 2.18. The predicted octanol–water partition coefficient (Wildman–Crippen LogP) is 0.770. The van der Waals surface area contributed by atoms with Crippen molar-refractivity contribution < 1.29 is 4.21 Å². The van der Waals surface area contributed by atoms with Crippen molar-refractivity contribution >= 4 is 28.0 Å². The van der Waals surface area contributed by atoms with E-state index in [2.05, 4.69) is 0 Å². The van der Waals surface area contributed by atoms with Gasteiger partial charge in [0.1, 0.15) is 5.84 Å². The van der Waals surface area contributed by atoms with Crippen LogP contribution in [0, 0.1) is 5.41 Å². The van der Waals surface area contributed by atoms with E-state index in [-0.39, 0.29) is 5.84 Å². The van der Waals surface area contributed by atoms with E-state index in [4.69, 9.17) is 11.1 Å². The first kappa shape index (κ1) is 8.42. The largest absolute Gasteiger partial charge is 0.383 e. The Labute approximate surface area is 71.2 Å². The Hall–Kier alpha value is -0.680. The Morgan fingerprint density at radius 2 is 2.36 bits per heavy atom. The number of hydrogen-bond donors (Lipinski definition) is 2. The van der Waals surface area contributed by atoms with Gasteiger partial charge in [-0.05, 0) is 12.1 Å². The Morgan fingerprint density at radius 3 is 2.64 bits per heavy atom. The summed E-state index contributed by atoms with van der Waals surface area (Å²) in [6.45, 7) is 0. The molecule has 0 saturated carbocycles. The third kappa shape index (κ3) is 1.87. The molecule has 1 unspecified atom stereocenters. The second kappa shape index (κ2) is 3.15. The first-order chi connectivity index (χ1) is 5.11. The fourth-order valence-electron chi connectivity index (χ4n) is 0.619. The maximum absolute atomic E-state index is 10.9. The molecule has 60 valence electrons. The molecule has 0 aliphatic heterocycles. The van der Waals surface area contributed by atoms with Crippen LogP contribution in [-0.4, -0.2) is 16.3 Å². The van der Waals surface area contributed by atoms with Crippen LogP contribution in [0.4, 0.5) is 0 Å². The van der Waals surface area contributed by atoms with Gasteiger partial charge in [0.15, 0.2) is 0 Å². The molecule has 0 saturated heterocycles. The summed E-state index contributed by atoms with van der Waals surface area (Å²) in [5.74, 6) is 0.0340. The molecule has 1 rings (SSSR count). The summed E-state index contributed by atoms with van der Waals surface area (Å²) in [5, 5.41) is 7.08. The quantitative estimate of drug-likeness (QED) is 0.531. The maximum Gasteiger partial charge on any atom is 0.133 e. The van der Waals surface area contributed by atoms with Crippen LogP contribution in [0.1, 0.15) is 4.88 Å². The summed E-state index contributed by atoms with van der Waals surface area (Å²) < 4.78 is 11.7. The van der Waals surface area contributed by atoms with Gasteiger partial charge in [0.2, 0.25) is 0 Å². The zero-order valence-electron chi connectivity index (χ0n) is 5.96. The van der Waals surface area contributed by atoms with Crippen LogP contribution in [0.25, 0.3) is 0 Å². The lowest BCUT2D eigenvalue weighted by Gasteiger charge is -1.88. The van der Waals surface area contributed by atoms with Gasteiger partial charge in [-0.15, -0.1) is 11.3 Å². The number of nitrogen functional groups attached to an aromatic ring is 1. The van der Waals surface area contributed by atoms with Crippen LogP contribution in [0.15, 0.2) is 16.3 Å². The molecule has 3 nitrogen and oxygen atoms in total. The smallest absolute Gasteiger partial charge is 0.133 e. The number of nitrogens with two attached hydrogens (primary N) is 1. The van der Waals surface area contributed by atoms with Crippen molar-refractivity contribution in [3.05, 3.63) is 17.0 Å². The molecule has 0 aromatic carbocycles. The van der Waals surface area contributed by atoms with E-state index in [0.29, 0.717) is 4.88 Å². The van der Waals surface area contributed by atoms with Crippen LogP contribution in [0.2, 0.25) is 0 Å². The Bertz CT molecular complexity index is 277. The molecule has 3 N–H and O–H groups in total. The van der Waals surface area contributed by atoms with Gasteiger partial charge in [0.25, 0.3) is 0 Å². The minimum absolute atomic E-state index is 0.0340. The van der Waals surface area contributed by atoms with E-state index in [9.17, 15) is 4.21 Å². The first-order valence-electron chi connectivity index (χ1n) is 2.89. The standard InChI is InChI=1S/C6H8N2OS2/c1-11(9)5-3-2-4(10-5)6(7)8/h2-3H,1H3,(H3,7,8). The number of nitrogens with one attached hydrogen (secondary N) is 1. The molecule has 1 aromatic heterocycles. The van der Waals surface area contributed by atoms with Crippen LogP contribution in [0.3, 0.4) is 0 Å². The minimum atomic E-state index is -0.958. The van der Waals surface area contributed by atoms with Crippen LogP contribution in [0.5, 0.6) is 0 Å². The summed E-state index contributed by atoms with van der Waals surface area (Å²) in [4.78, 5) is 0.676. The van der Waals surface area contributed by atoms with Crippen molar-refractivity contribution in [3.63, 3.8) is 0 Å². The fraction of sp³-hybridized carbons (Fsp3) is 0.167. The van der Waals surface area contributed by atoms with E-state index >= 15 is 0 Å². The first-order valence-corrected chi connectivity index (χ1v) is 5.26. The Morgan fingerprint density at radius 1 is 1.73 bits per heavy atom. The monoisotopic (exact) mass is 188 g/mol. The Kier molecular flexibility index (Phi) is 2.41. The SMILES string of the molecule is CS(=O)c1ccc(C(=N)N)s1. The van der Waals surface area contributed by atoms with E-state index < -0.39 is 10.8 Å². The van der Waals surface area contributed by atoms with Gasteiger partial charge >= 0.3 is 0 Å². The van der Waals surface area contributed by atoms with Crippen molar-refractivity contribution in [1.82, 2.24) is 0 Å². The molecular weight excluding hydrogens is 180 g/mol. The van der Waals surface area contributed by atoms with Crippen molar-refractivity contribution in [2.45, 2.75) is 4.21 Å². The zero-order chi connectivity index (χ0) is 8.43. The van der Waals surface area contributed by atoms with E-state index in [1.807, 2.05) is 0 Å². The minimum Gasteiger partial charge on any atom is -0.383 e. The van der Waals surface area contributed by atoms with Gasteiger partial charge in [0.05, 0.1) is 19.9 Å². The van der Waals surface area contributed by atoms with Crippen LogP contribution >= 0.6 is 11.3 Å². The summed E-state index contributed by atoms with van der Waals surface area (Å²) in [5.41, 5.74) is 5.22. The number of thiophene rings is 1. The van der Waals surface area contributed by atoms with E-state index in [1.165, 1.54) is 11.3 Å². The van der Waals surface area contributed by atoms with Gasteiger partial charge < -0.3 is 5.73 Å². The molecule has 0 bridgehead atoms. The zero-order valence-corrected chi connectivity index (χ0v) is 7.59. The lowest BCUT2D eigenvalue weighted by molar-refractivity contribution is 0.688. The molecule has 0 aliphatic carbocycles. The average molecular weight is 188 g/mol. The highest BCUT2D eigenvalue weighted by atomic mass is 32.2. The molecule has 0 radical (unpaired) electrons. The van der Waals surface area contributed by atoms with Gasteiger partial charge in [-0.3, -0.25) is 9.62 Å². The molecule has 11 heavy (non-hydrogen) atoms. The van der Waals surface area contributed by atoms with E-state index in [0.717, 1.165) is 4.21 Å². The lowest BCUT2D eigenvalue weighted by atomic mass is 10.4.